The molecule has 2 aliphatic heterocycles. The van der Waals surface area contributed by atoms with Gasteiger partial charge in [-0.2, -0.15) is 0 Å². The highest BCUT2D eigenvalue weighted by Crippen LogP contribution is 2.40. The van der Waals surface area contributed by atoms with E-state index in [1.807, 2.05) is 12.1 Å². The molecule has 1 N–H and O–H groups in total. The fourth-order valence-corrected chi connectivity index (χ4v) is 6.03. The molecule has 0 unspecified atom stereocenters. The van der Waals surface area contributed by atoms with Crippen LogP contribution >= 0.6 is 0 Å². The minimum Gasteiger partial charge on any atom is -0.469 e. The summed E-state index contributed by atoms with van der Waals surface area (Å²) in [4.78, 5) is 17.3. The van der Waals surface area contributed by atoms with Crippen molar-refractivity contribution in [1.29, 1.82) is 0 Å². The van der Waals surface area contributed by atoms with Gasteiger partial charge in [-0.15, -0.1) is 0 Å². The summed E-state index contributed by atoms with van der Waals surface area (Å²) in [5.41, 5.74) is 1.08. The number of halogens is 1. The SMILES string of the molecule is COC(=O)C1(CCNc2ccc(N3CC[C@@H](N4CCC[C@@H]4C)C3)cc2F)CCCCC1. The van der Waals surface area contributed by atoms with Crippen molar-refractivity contribution in [3.05, 3.63) is 24.0 Å². The second kappa shape index (κ2) is 9.76. The maximum absolute atomic E-state index is 14.9. The van der Waals surface area contributed by atoms with E-state index in [-0.39, 0.29) is 11.8 Å². The van der Waals surface area contributed by atoms with Crippen LogP contribution in [0.15, 0.2) is 18.2 Å². The lowest BCUT2D eigenvalue weighted by atomic mass is 9.72. The Labute approximate surface area is 186 Å². The van der Waals surface area contributed by atoms with Gasteiger partial charge in [0.15, 0.2) is 0 Å². The highest BCUT2D eigenvalue weighted by Gasteiger charge is 2.40. The summed E-state index contributed by atoms with van der Waals surface area (Å²) >= 11 is 0. The van der Waals surface area contributed by atoms with Crippen molar-refractivity contribution in [3.8, 4) is 0 Å². The molecule has 3 aliphatic rings. The van der Waals surface area contributed by atoms with E-state index in [4.69, 9.17) is 4.74 Å². The standard InChI is InChI=1S/C25H38FN3O2/c1-19-7-6-15-29(19)21-10-16-28(18-21)20-8-9-23(22(26)17-20)27-14-13-25(24(30)31-2)11-4-3-5-12-25/h8-9,17,19,21,27H,3-7,10-16,18H2,1-2H3/t19-,21+/m0/s1. The van der Waals surface area contributed by atoms with Crippen LogP contribution < -0.4 is 10.2 Å². The topological polar surface area (TPSA) is 44.8 Å². The van der Waals surface area contributed by atoms with E-state index < -0.39 is 5.41 Å². The van der Waals surface area contributed by atoms with Crippen molar-refractivity contribution in [2.75, 3.05) is 43.5 Å². The number of nitrogens with one attached hydrogen (secondary N) is 1. The van der Waals surface area contributed by atoms with Gasteiger partial charge in [0, 0.05) is 37.4 Å². The van der Waals surface area contributed by atoms with Gasteiger partial charge in [0.2, 0.25) is 0 Å². The first kappa shape index (κ1) is 22.4. The fourth-order valence-electron chi connectivity index (χ4n) is 6.03. The van der Waals surface area contributed by atoms with Gasteiger partial charge in [-0.25, -0.2) is 4.39 Å². The van der Waals surface area contributed by atoms with Crippen molar-refractivity contribution in [1.82, 2.24) is 4.90 Å². The number of anilines is 2. The summed E-state index contributed by atoms with van der Waals surface area (Å²) < 4.78 is 20.0. The molecule has 2 heterocycles. The Bertz CT molecular complexity index is 765. The van der Waals surface area contributed by atoms with Crippen LogP contribution in [0, 0.1) is 11.2 Å². The Morgan fingerprint density at radius 1 is 1.19 bits per heavy atom. The Hall–Kier alpha value is -1.82. The number of ether oxygens (including phenoxy) is 1. The highest BCUT2D eigenvalue weighted by atomic mass is 19.1. The number of carbonyl (C=O) groups is 1. The van der Waals surface area contributed by atoms with Crippen LogP contribution in [0.25, 0.3) is 0 Å². The number of rotatable bonds is 7. The summed E-state index contributed by atoms with van der Waals surface area (Å²) in [6.45, 7) is 6.07. The Morgan fingerprint density at radius 2 is 2.00 bits per heavy atom. The quantitative estimate of drug-likeness (QED) is 0.628. The molecular weight excluding hydrogens is 393 g/mol. The van der Waals surface area contributed by atoms with E-state index in [2.05, 4.69) is 22.0 Å². The molecule has 0 amide bonds. The van der Waals surface area contributed by atoms with Gasteiger partial charge in [0.05, 0.1) is 18.2 Å². The van der Waals surface area contributed by atoms with Crippen molar-refractivity contribution < 1.29 is 13.9 Å². The summed E-state index contributed by atoms with van der Waals surface area (Å²) in [6, 6.07) is 6.79. The van der Waals surface area contributed by atoms with E-state index in [1.165, 1.54) is 32.9 Å². The first-order valence-corrected chi connectivity index (χ1v) is 12.1. The Balaban J connectivity index is 1.33. The van der Waals surface area contributed by atoms with E-state index in [0.717, 1.165) is 50.9 Å². The van der Waals surface area contributed by atoms with E-state index >= 15 is 0 Å². The smallest absolute Gasteiger partial charge is 0.311 e. The van der Waals surface area contributed by atoms with Gasteiger partial charge >= 0.3 is 5.97 Å². The van der Waals surface area contributed by atoms with Gasteiger partial charge in [-0.3, -0.25) is 9.69 Å². The molecule has 6 heteroatoms. The molecule has 3 fully saturated rings. The van der Waals surface area contributed by atoms with Gasteiger partial charge in [0.25, 0.3) is 0 Å². The molecule has 2 saturated heterocycles. The minimum absolute atomic E-state index is 0.110. The van der Waals surface area contributed by atoms with Crippen LogP contribution in [0.5, 0.6) is 0 Å². The summed E-state index contributed by atoms with van der Waals surface area (Å²) in [6.07, 6.45) is 9.46. The van der Waals surface area contributed by atoms with Crippen molar-refractivity contribution in [3.63, 3.8) is 0 Å². The third kappa shape index (κ3) is 4.84. The van der Waals surface area contributed by atoms with Crippen LogP contribution in [-0.2, 0) is 9.53 Å². The number of carbonyl (C=O) groups excluding carboxylic acids is 1. The van der Waals surface area contributed by atoms with Crippen molar-refractivity contribution in [2.24, 2.45) is 5.41 Å². The second-order valence-electron chi connectivity index (χ2n) is 9.79. The van der Waals surface area contributed by atoms with Gasteiger partial charge in [0.1, 0.15) is 5.82 Å². The van der Waals surface area contributed by atoms with Gasteiger partial charge in [-0.1, -0.05) is 19.3 Å². The first-order chi connectivity index (χ1) is 15.0. The van der Waals surface area contributed by atoms with Gasteiger partial charge < -0.3 is 15.0 Å². The number of esters is 1. The number of likely N-dealkylation sites (tertiary alicyclic amines) is 1. The third-order valence-electron chi connectivity index (χ3n) is 7.90. The molecule has 0 radical (unpaired) electrons. The van der Waals surface area contributed by atoms with E-state index in [9.17, 15) is 9.18 Å². The molecule has 1 saturated carbocycles. The number of hydrogen-bond acceptors (Lipinski definition) is 5. The van der Waals surface area contributed by atoms with Crippen LogP contribution in [-0.4, -0.2) is 56.2 Å². The molecule has 4 rings (SSSR count). The Kier molecular flexibility index (Phi) is 7.05. The van der Waals surface area contributed by atoms with Crippen LogP contribution in [0.2, 0.25) is 0 Å². The predicted octanol–water partition coefficient (Wildman–Crippen LogP) is 4.81. The predicted molar refractivity (Wildman–Crippen MR) is 123 cm³/mol. The monoisotopic (exact) mass is 431 g/mol. The highest BCUT2D eigenvalue weighted by molar-refractivity contribution is 5.77. The molecule has 1 aromatic carbocycles. The molecule has 0 spiro atoms. The minimum atomic E-state index is -0.409. The number of methoxy groups -OCH3 is 1. The fraction of sp³-hybridized carbons (Fsp3) is 0.720. The average Bonchev–Trinajstić information content (AvgIpc) is 3.44. The lowest BCUT2D eigenvalue weighted by molar-refractivity contribution is -0.155. The number of benzene rings is 1. The van der Waals surface area contributed by atoms with Crippen molar-refractivity contribution >= 4 is 17.3 Å². The molecule has 5 nitrogen and oxygen atoms in total. The van der Waals surface area contributed by atoms with Crippen molar-refractivity contribution in [2.45, 2.75) is 76.8 Å². The maximum atomic E-state index is 14.9. The number of hydrogen-bond donors (Lipinski definition) is 1. The lowest BCUT2D eigenvalue weighted by Crippen LogP contribution is -2.39. The second-order valence-corrected chi connectivity index (χ2v) is 9.79. The van der Waals surface area contributed by atoms with E-state index in [0.29, 0.717) is 30.7 Å². The third-order valence-corrected chi connectivity index (χ3v) is 7.90. The first-order valence-electron chi connectivity index (χ1n) is 12.1. The normalized spacial score (nSPS) is 26.2. The van der Waals surface area contributed by atoms with E-state index in [1.54, 1.807) is 6.07 Å². The summed E-state index contributed by atoms with van der Waals surface area (Å²) in [7, 11) is 1.47. The molecule has 0 aromatic heterocycles. The Morgan fingerprint density at radius 3 is 2.68 bits per heavy atom. The lowest BCUT2D eigenvalue weighted by Gasteiger charge is -2.34. The summed E-state index contributed by atoms with van der Waals surface area (Å²) in [5, 5.41) is 3.23. The molecular formula is C25H38FN3O2. The number of nitrogens with zero attached hydrogens (tertiary/aromatic N) is 2. The molecule has 31 heavy (non-hydrogen) atoms. The molecule has 0 bridgehead atoms. The maximum Gasteiger partial charge on any atom is 0.311 e. The average molecular weight is 432 g/mol. The molecule has 1 aromatic rings. The zero-order chi connectivity index (χ0) is 21.8. The zero-order valence-electron chi connectivity index (χ0n) is 19.2. The van der Waals surface area contributed by atoms with Crippen LogP contribution in [0.4, 0.5) is 15.8 Å². The molecule has 2 atom stereocenters. The molecule has 1 aliphatic carbocycles. The largest absolute Gasteiger partial charge is 0.469 e. The molecule has 172 valence electrons. The zero-order valence-corrected chi connectivity index (χ0v) is 19.2. The van der Waals surface area contributed by atoms with Crippen LogP contribution in [0.3, 0.4) is 0 Å². The van der Waals surface area contributed by atoms with Crippen LogP contribution in [0.1, 0.15) is 64.7 Å². The summed E-state index contributed by atoms with van der Waals surface area (Å²) in [5.74, 6) is -0.327. The van der Waals surface area contributed by atoms with Gasteiger partial charge in [-0.05, 0) is 70.2 Å².